The Morgan fingerprint density at radius 3 is 3.00 bits per heavy atom. The maximum atomic E-state index is 9.10. The lowest BCUT2D eigenvalue weighted by atomic mass is 10.2. The molecule has 0 amide bonds. The minimum Gasteiger partial charge on any atom is -0.365 e. The number of fused-ring (bicyclic) bond motifs is 1. The van der Waals surface area contributed by atoms with Crippen molar-refractivity contribution in [1.82, 2.24) is 20.3 Å². The molecule has 5 rings (SSSR count). The molecule has 7 nitrogen and oxygen atoms in total. The Morgan fingerprint density at radius 1 is 1.17 bits per heavy atom. The second-order valence-electron chi connectivity index (χ2n) is 7.11. The third-order valence-electron chi connectivity index (χ3n) is 4.99. The van der Waals surface area contributed by atoms with E-state index in [9.17, 15) is 0 Å². The van der Waals surface area contributed by atoms with Crippen LogP contribution in [-0.4, -0.2) is 34.1 Å². The molecule has 8 heteroatoms. The van der Waals surface area contributed by atoms with Crippen LogP contribution < -0.4 is 16.0 Å². The number of aromatic nitrogens is 3. The number of anilines is 3. The van der Waals surface area contributed by atoms with Gasteiger partial charge in [-0.05, 0) is 54.7 Å². The van der Waals surface area contributed by atoms with E-state index in [0.29, 0.717) is 23.2 Å². The third-order valence-corrected chi connectivity index (χ3v) is 5.90. The molecule has 3 N–H and O–H groups in total. The van der Waals surface area contributed by atoms with Crippen LogP contribution in [0, 0.1) is 11.3 Å². The zero-order chi connectivity index (χ0) is 20.3. The average molecular weight is 414 g/mol. The number of rotatable bonds is 5. The summed E-state index contributed by atoms with van der Waals surface area (Å²) in [5, 5.41) is 21.4. The molecule has 0 unspecified atom stereocenters. The molecule has 0 saturated carbocycles. The van der Waals surface area contributed by atoms with Crippen molar-refractivity contribution in [1.29, 1.82) is 5.26 Å². The van der Waals surface area contributed by atoms with Crippen LogP contribution in [0.15, 0.2) is 54.0 Å². The van der Waals surface area contributed by atoms with E-state index in [1.165, 1.54) is 0 Å². The van der Waals surface area contributed by atoms with Crippen molar-refractivity contribution in [3.63, 3.8) is 0 Å². The van der Waals surface area contributed by atoms with Gasteiger partial charge in [-0.15, -0.1) is 11.3 Å². The molecule has 148 valence electrons. The highest BCUT2D eigenvalue weighted by Gasteiger charge is 2.18. The van der Waals surface area contributed by atoms with Crippen LogP contribution in [0.4, 0.5) is 17.3 Å². The van der Waals surface area contributed by atoms with Gasteiger partial charge < -0.3 is 16.0 Å². The lowest BCUT2D eigenvalue weighted by Gasteiger charge is -2.14. The highest BCUT2D eigenvalue weighted by molar-refractivity contribution is 7.17. The van der Waals surface area contributed by atoms with Gasteiger partial charge in [-0.3, -0.25) is 0 Å². The topological polar surface area (TPSA) is 98.5 Å². The number of benzene rings is 1. The van der Waals surface area contributed by atoms with E-state index in [1.807, 2.05) is 35.7 Å². The minimum absolute atomic E-state index is 0.375. The number of pyridine rings is 1. The fraction of sp³-hybridized carbons (Fsp3) is 0.182. The summed E-state index contributed by atoms with van der Waals surface area (Å²) >= 11 is 1.65. The molecular formula is C22H19N7S. The summed E-state index contributed by atoms with van der Waals surface area (Å²) in [5.74, 6) is 2.21. The Balaban J connectivity index is 1.47. The first kappa shape index (κ1) is 18.5. The smallest absolute Gasteiger partial charge is 0.162 e. The summed E-state index contributed by atoms with van der Waals surface area (Å²) in [4.78, 5) is 14.0. The summed E-state index contributed by atoms with van der Waals surface area (Å²) in [5.41, 5.74) is 3.22. The molecule has 1 aromatic carbocycles. The highest BCUT2D eigenvalue weighted by atomic mass is 32.1. The average Bonchev–Trinajstić information content (AvgIpc) is 3.46. The standard InChI is InChI=1S/C22H19N7S/c23-12-14-2-1-3-16(10-14)26-19-11-15(4-8-25-19)21-28-18-6-9-30-20(18)22(29-21)27-17-5-7-24-13-17/h1-4,6,8-11,17,24H,5,7,13H2,(H,25,26)(H,27,28,29)/t17-/m1/s1. The predicted octanol–water partition coefficient (Wildman–Crippen LogP) is 4.14. The lowest BCUT2D eigenvalue weighted by Crippen LogP contribution is -2.22. The summed E-state index contributed by atoms with van der Waals surface area (Å²) in [7, 11) is 0. The lowest BCUT2D eigenvalue weighted by molar-refractivity contribution is 0.789. The monoisotopic (exact) mass is 413 g/mol. The van der Waals surface area contributed by atoms with Gasteiger partial charge in [-0.2, -0.15) is 5.26 Å². The summed E-state index contributed by atoms with van der Waals surface area (Å²) < 4.78 is 1.08. The van der Waals surface area contributed by atoms with Crippen LogP contribution in [0.3, 0.4) is 0 Å². The zero-order valence-electron chi connectivity index (χ0n) is 16.1. The first-order valence-electron chi connectivity index (χ1n) is 9.74. The van der Waals surface area contributed by atoms with Gasteiger partial charge in [0.05, 0.1) is 21.8 Å². The Morgan fingerprint density at radius 2 is 2.13 bits per heavy atom. The molecule has 4 aromatic rings. The molecule has 30 heavy (non-hydrogen) atoms. The van der Waals surface area contributed by atoms with Crippen molar-refractivity contribution >= 4 is 38.9 Å². The van der Waals surface area contributed by atoms with Crippen molar-refractivity contribution in [3.05, 3.63) is 59.6 Å². The maximum absolute atomic E-state index is 9.10. The molecular weight excluding hydrogens is 394 g/mol. The van der Waals surface area contributed by atoms with E-state index in [1.54, 1.807) is 29.7 Å². The minimum atomic E-state index is 0.375. The Kier molecular flexibility index (Phi) is 4.97. The van der Waals surface area contributed by atoms with Crippen molar-refractivity contribution in [2.45, 2.75) is 12.5 Å². The van der Waals surface area contributed by atoms with Crippen molar-refractivity contribution in [2.75, 3.05) is 23.7 Å². The van der Waals surface area contributed by atoms with Crippen LogP contribution in [0.1, 0.15) is 12.0 Å². The number of thiophene rings is 1. The molecule has 1 aliphatic rings. The number of hydrogen-bond donors (Lipinski definition) is 3. The largest absolute Gasteiger partial charge is 0.365 e. The molecule has 1 aliphatic heterocycles. The predicted molar refractivity (Wildman–Crippen MR) is 120 cm³/mol. The molecule has 0 spiro atoms. The van der Waals surface area contributed by atoms with E-state index >= 15 is 0 Å². The van der Waals surface area contributed by atoms with Gasteiger partial charge in [0.25, 0.3) is 0 Å². The SMILES string of the molecule is N#Cc1cccc(Nc2cc(-c3nc(N[C@@H]4CCNC4)c4sccc4n3)ccn2)c1. The van der Waals surface area contributed by atoms with Gasteiger partial charge in [-0.1, -0.05) is 6.07 Å². The number of nitrogens with one attached hydrogen (secondary N) is 3. The first-order valence-corrected chi connectivity index (χ1v) is 10.6. The number of nitrogens with zero attached hydrogens (tertiary/aromatic N) is 4. The normalized spacial score (nSPS) is 15.8. The van der Waals surface area contributed by atoms with Crippen LogP contribution in [0.5, 0.6) is 0 Å². The van der Waals surface area contributed by atoms with Crippen LogP contribution in [0.2, 0.25) is 0 Å². The summed E-state index contributed by atoms with van der Waals surface area (Å²) in [6, 6.07) is 15.7. The molecule has 0 radical (unpaired) electrons. The summed E-state index contributed by atoms with van der Waals surface area (Å²) in [6.45, 7) is 1.97. The van der Waals surface area contributed by atoms with E-state index in [2.05, 4.69) is 27.0 Å². The number of nitriles is 1. The Hall–Kier alpha value is -3.54. The second-order valence-corrected chi connectivity index (χ2v) is 8.03. The molecule has 0 aliphatic carbocycles. The van der Waals surface area contributed by atoms with Gasteiger partial charge in [-0.25, -0.2) is 15.0 Å². The molecule has 0 bridgehead atoms. The molecule has 4 heterocycles. The van der Waals surface area contributed by atoms with Crippen molar-refractivity contribution in [3.8, 4) is 17.5 Å². The molecule has 1 atom stereocenters. The molecule has 1 fully saturated rings. The first-order chi connectivity index (χ1) is 14.8. The van der Waals surface area contributed by atoms with Gasteiger partial charge in [0.1, 0.15) is 11.6 Å². The van der Waals surface area contributed by atoms with Gasteiger partial charge in [0.2, 0.25) is 0 Å². The van der Waals surface area contributed by atoms with Gasteiger partial charge in [0.15, 0.2) is 5.82 Å². The van der Waals surface area contributed by atoms with E-state index in [0.717, 1.165) is 46.8 Å². The zero-order valence-corrected chi connectivity index (χ0v) is 16.9. The molecule has 1 saturated heterocycles. The maximum Gasteiger partial charge on any atom is 0.162 e. The van der Waals surface area contributed by atoms with Gasteiger partial charge >= 0.3 is 0 Å². The second kappa shape index (κ2) is 8.06. The molecule has 3 aromatic heterocycles. The summed E-state index contributed by atoms with van der Waals surface area (Å²) in [6.07, 6.45) is 2.82. The van der Waals surface area contributed by atoms with Crippen molar-refractivity contribution in [2.24, 2.45) is 0 Å². The fourth-order valence-electron chi connectivity index (χ4n) is 3.51. The van der Waals surface area contributed by atoms with E-state index in [-0.39, 0.29) is 0 Å². The fourth-order valence-corrected chi connectivity index (χ4v) is 4.30. The van der Waals surface area contributed by atoms with Gasteiger partial charge in [0, 0.05) is 30.0 Å². The quantitative estimate of drug-likeness (QED) is 0.452. The van der Waals surface area contributed by atoms with Crippen LogP contribution >= 0.6 is 11.3 Å². The number of hydrogen-bond acceptors (Lipinski definition) is 8. The van der Waals surface area contributed by atoms with E-state index in [4.69, 9.17) is 15.2 Å². The van der Waals surface area contributed by atoms with E-state index < -0.39 is 0 Å². The Bertz CT molecular complexity index is 1240. The third kappa shape index (κ3) is 3.81. The van der Waals surface area contributed by atoms with Crippen LogP contribution in [-0.2, 0) is 0 Å². The van der Waals surface area contributed by atoms with Crippen molar-refractivity contribution < 1.29 is 0 Å². The Labute approximate surface area is 177 Å². The van der Waals surface area contributed by atoms with Crippen LogP contribution in [0.25, 0.3) is 21.6 Å². The highest BCUT2D eigenvalue weighted by Crippen LogP contribution is 2.30.